The summed E-state index contributed by atoms with van der Waals surface area (Å²) in [5.74, 6) is -6.03. The fourth-order valence-corrected chi connectivity index (χ4v) is 1.75. The molecule has 6 nitrogen and oxygen atoms in total. The zero-order chi connectivity index (χ0) is 17.1. The third-order valence-corrected chi connectivity index (χ3v) is 2.88. The number of rotatable bonds is 4. The number of anilines is 1. The van der Waals surface area contributed by atoms with Crippen LogP contribution in [0.4, 0.5) is 18.9 Å². The van der Waals surface area contributed by atoms with Crippen molar-refractivity contribution < 1.29 is 27.3 Å². The molecular weight excluding hydrogens is 315 g/mol. The van der Waals surface area contributed by atoms with Crippen molar-refractivity contribution in [2.45, 2.75) is 6.92 Å². The molecule has 0 saturated heterocycles. The van der Waals surface area contributed by atoms with Crippen molar-refractivity contribution in [3.8, 4) is 0 Å². The van der Waals surface area contributed by atoms with Crippen molar-refractivity contribution >= 4 is 17.5 Å². The van der Waals surface area contributed by atoms with Crippen LogP contribution in [0.15, 0.2) is 22.7 Å². The minimum Gasteiger partial charge on any atom is -0.351 e. The van der Waals surface area contributed by atoms with Crippen LogP contribution in [0.5, 0.6) is 0 Å². The predicted molar refractivity (Wildman–Crippen MR) is 73.1 cm³/mol. The summed E-state index contributed by atoms with van der Waals surface area (Å²) in [7, 11) is 1.32. The van der Waals surface area contributed by atoms with E-state index in [1.807, 2.05) is 0 Å². The monoisotopic (exact) mass is 327 g/mol. The molecule has 2 aromatic rings. The first-order chi connectivity index (χ1) is 10.8. The Bertz CT molecular complexity index is 761. The van der Waals surface area contributed by atoms with E-state index in [2.05, 4.69) is 10.5 Å². The number of aryl methyl sites for hydroxylation is 1. The summed E-state index contributed by atoms with van der Waals surface area (Å²) in [6, 6.07) is 2.96. The van der Waals surface area contributed by atoms with Crippen LogP contribution in [-0.2, 0) is 4.79 Å². The lowest BCUT2D eigenvalue weighted by atomic mass is 10.2. The van der Waals surface area contributed by atoms with Crippen LogP contribution in [0, 0.1) is 24.4 Å². The van der Waals surface area contributed by atoms with Gasteiger partial charge in [-0.3, -0.25) is 9.59 Å². The lowest BCUT2D eigenvalue weighted by Crippen LogP contribution is -2.35. The smallest absolute Gasteiger partial charge is 0.292 e. The number of hydrogen-bond donors (Lipinski definition) is 1. The Hall–Kier alpha value is -2.84. The van der Waals surface area contributed by atoms with Gasteiger partial charge in [0.25, 0.3) is 5.91 Å². The highest BCUT2D eigenvalue weighted by molar-refractivity contribution is 5.97. The van der Waals surface area contributed by atoms with E-state index in [-0.39, 0.29) is 5.76 Å². The van der Waals surface area contributed by atoms with E-state index < -0.39 is 41.5 Å². The summed E-state index contributed by atoms with van der Waals surface area (Å²) in [6.07, 6.45) is 0. The predicted octanol–water partition coefficient (Wildman–Crippen LogP) is 2.11. The maximum Gasteiger partial charge on any atom is 0.292 e. The molecule has 1 aromatic carbocycles. The standard InChI is InChI=1S/C14H12F3N3O3/c1-7-5-10(23-19-7)14(22)20(2)6-11(21)18-9-4-3-8(15)12(16)13(9)17/h3-5H,6H2,1-2H3,(H,18,21). The Kier molecular flexibility index (Phi) is 4.68. The van der Waals surface area contributed by atoms with Crippen LogP contribution in [0.25, 0.3) is 0 Å². The molecule has 0 spiro atoms. The fourth-order valence-electron chi connectivity index (χ4n) is 1.75. The second-order valence-corrected chi connectivity index (χ2v) is 4.76. The molecule has 2 rings (SSSR count). The minimum absolute atomic E-state index is 0.0585. The molecule has 122 valence electrons. The number of nitrogens with one attached hydrogen (secondary N) is 1. The van der Waals surface area contributed by atoms with Crippen LogP contribution in [-0.4, -0.2) is 35.5 Å². The molecule has 0 aliphatic carbocycles. The summed E-state index contributed by atoms with van der Waals surface area (Å²) in [5.41, 5.74) is -0.0275. The van der Waals surface area contributed by atoms with Gasteiger partial charge in [-0.2, -0.15) is 0 Å². The van der Waals surface area contributed by atoms with Gasteiger partial charge in [0.05, 0.1) is 17.9 Å². The zero-order valence-corrected chi connectivity index (χ0v) is 12.2. The number of carbonyl (C=O) groups is 2. The van der Waals surface area contributed by atoms with Gasteiger partial charge in [-0.1, -0.05) is 5.16 Å². The highest BCUT2D eigenvalue weighted by atomic mass is 19.2. The van der Waals surface area contributed by atoms with E-state index in [9.17, 15) is 22.8 Å². The van der Waals surface area contributed by atoms with Crippen LogP contribution in [0.3, 0.4) is 0 Å². The fraction of sp³-hybridized carbons (Fsp3) is 0.214. The van der Waals surface area contributed by atoms with Crippen molar-refractivity contribution in [2.24, 2.45) is 0 Å². The van der Waals surface area contributed by atoms with E-state index in [1.165, 1.54) is 13.1 Å². The third kappa shape index (κ3) is 3.68. The van der Waals surface area contributed by atoms with Gasteiger partial charge in [-0.05, 0) is 19.1 Å². The quantitative estimate of drug-likeness (QED) is 0.873. The second-order valence-electron chi connectivity index (χ2n) is 4.76. The molecule has 0 atom stereocenters. The molecule has 0 unspecified atom stereocenters. The molecule has 23 heavy (non-hydrogen) atoms. The van der Waals surface area contributed by atoms with E-state index >= 15 is 0 Å². The molecular formula is C14H12F3N3O3. The van der Waals surface area contributed by atoms with Gasteiger partial charge in [0.2, 0.25) is 11.7 Å². The number of amides is 2. The number of halogens is 3. The molecule has 0 radical (unpaired) electrons. The number of hydrogen-bond acceptors (Lipinski definition) is 4. The maximum absolute atomic E-state index is 13.5. The van der Waals surface area contributed by atoms with Gasteiger partial charge in [-0.25, -0.2) is 13.2 Å². The van der Waals surface area contributed by atoms with E-state index in [4.69, 9.17) is 4.52 Å². The average molecular weight is 327 g/mol. The Morgan fingerprint density at radius 3 is 2.57 bits per heavy atom. The third-order valence-electron chi connectivity index (χ3n) is 2.88. The van der Waals surface area contributed by atoms with Crippen LogP contribution in [0.1, 0.15) is 16.2 Å². The number of likely N-dealkylation sites (N-methyl/N-ethyl adjacent to an activating group) is 1. The van der Waals surface area contributed by atoms with E-state index in [0.29, 0.717) is 11.8 Å². The van der Waals surface area contributed by atoms with E-state index in [1.54, 1.807) is 6.92 Å². The molecule has 0 saturated carbocycles. The summed E-state index contributed by atoms with van der Waals surface area (Å²) < 4.78 is 44.1. The zero-order valence-electron chi connectivity index (χ0n) is 12.2. The van der Waals surface area contributed by atoms with Gasteiger partial charge < -0.3 is 14.7 Å². The van der Waals surface area contributed by atoms with Crippen molar-refractivity contribution in [2.75, 3.05) is 18.9 Å². The highest BCUT2D eigenvalue weighted by Crippen LogP contribution is 2.19. The van der Waals surface area contributed by atoms with Gasteiger partial charge in [0, 0.05) is 13.1 Å². The summed E-state index contributed by atoms with van der Waals surface area (Å²) in [6.45, 7) is 1.18. The van der Waals surface area contributed by atoms with Crippen LogP contribution < -0.4 is 5.32 Å². The van der Waals surface area contributed by atoms with Crippen molar-refractivity contribution in [3.05, 3.63) is 47.1 Å². The Morgan fingerprint density at radius 1 is 1.26 bits per heavy atom. The molecule has 1 heterocycles. The minimum atomic E-state index is -1.69. The van der Waals surface area contributed by atoms with Gasteiger partial charge in [-0.15, -0.1) is 0 Å². The number of nitrogens with zero attached hydrogens (tertiary/aromatic N) is 2. The normalized spacial score (nSPS) is 10.5. The van der Waals surface area contributed by atoms with Crippen molar-refractivity contribution in [3.63, 3.8) is 0 Å². The average Bonchev–Trinajstić information content (AvgIpc) is 2.93. The summed E-state index contributed by atoms with van der Waals surface area (Å²) >= 11 is 0. The maximum atomic E-state index is 13.5. The molecule has 0 aliphatic rings. The molecule has 0 bridgehead atoms. The van der Waals surface area contributed by atoms with Gasteiger partial charge >= 0.3 is 0 Å². The number of carbonyl (C=O) groups excluding carboxylic acids is 2. The van der Waals surface area contributed by atoms with Crippen molar-refractivity contribution in [1.82, 2.24) is 10.1 Å². The topological polar surface area (TPSA) is 75.4 Å². The molecule has 1 aromatic heterocycles. The molecule has 1 N–H and O–H groups in total. The first-order valence-corrected chi connectivity index (χ1v) is 6.41. The highest BCUT2D eigenvalue weighted by Gasteiger charge is 2.20. The van der Waals surface area contributed by atoms with Crippen LogP contribution in [0.2, 0.25) is 0 Å². The SMILES string of the molecule is Cc1cc(C(=O)N(C)CC(=O)Nc2ccc(F)c(F)c2F)on1. The van der Waals surface area contributed by atoms with Gasteiger partial charge in [0.15, 0.2) is 17.5 Å². The molecule has 2 amide bonds. The van der Waals surface area contributed by atoms with Gasteiger partial charge in [0.1, 0.15) is 0 Å². The second kappa shape index (κ2) is 6.51. The molecule has 9 heteroatoms. The Balaban J connectivity index is 2.02. The largest absolute Gasteiger partial charge is 0.351 e. The number of aromatic nitrogens is 1. The Labute approximate surface area is 128 Å². The first-order valence-electron chi connectivity index (χ1n) is 6.41. The first kappa shape index (κ1) is 16.5. The lowest BCUT2D eigenvalue weighted by molar-refractivity contribution is -0.116. The lowest BCUT2D eigenvalue weighted by Gasteiger charge is -2.15. The van der Waals surface area contributed by atoms with E-state index in [0.717, 1.165) is 11.0 Å². The van der Waals surface area contributed by atoms with Crippen LogP contribution >= 0.6 is 0 Å². The number of benzene rings is 1. The Morgan fingerprint density at radius 2 is 1.96 bits per heavy atom. The molecule has 0 aliphatic heterocycles. The summed E-state index contributed by atoms with van der Waals surface area (Å²) in [4.78, 5) is 24.7. The van der Waals surface area contributed by atoms with Crippen molar-refractivity contribution in [1.29, 1.82) is 0 Å². The molecule has 0 fully saturated rings. The summed E-state index contributed by atoms with van der Waals surface area (Å²) in [5, 5.41) is 5.61.